The van der Waals surface area contributed by atoms with Crippen LogP contribution in [0.3, 0.4) is 0 Å². The first-order valence-corrected chi connectivity index (χ1v) is 11.0. The van der Waals surface area contributed by atoms with E-state index < -0.39 is 48.1 Å². The number of nitrogens with one attached hydrogen (secondary N) is 2. The minimum absolute atomic E-state index is 0.0299. The topological polar surface area (TPSA) is 171 Å². The quantitative estimate of drug-likeness (QED) is 0.313. The van der Waals surface area contributed by atoms with Gasteiger partial charge in [-0.1, -0.05) is 12.1 Å². The molecule has 190 valence electrons. The largest absolute Gasteiger partial charge is 0.508 e. The Morgan fingerprint density at radius 1 is 1.09 bits per heavy atom. The Morgan fingerprint density at radius 2 is 1.68 bits per heavy atom. The predicted molar refractivity (Wildman–Crippen MR) is 125 cm³/mol. The van der Waals surface area contributed by atoms with Gasteiger partial charge >= 0.3 is 6.09 Å². The number of nitrogens with two attached hydrogens (primary N) is 1. The molecule has 11 heteroatoms. The summed E-state index contributed by atoms with van der Waals surface area (Å²) in [6, 6.07) is 3.03. The van der Waals surface area contributed by atoms with Crippen molar-refractivity contribution in [2.75, 3.05) is 13.2 Å². The zero-order chi connectivity index (χ0) is 26.1. The highest BCUT2D eigenvalue weighted by Crippen LogP contribution is 2.25. The number of nitrogens with zero attached hydrogens (tertiary/aromatic N) is 1. The van der Waals surface area contributed by atoms with Crippen LogP contribution < -0.4 is 16.4 Å². The van der Waals surface area contributed by atoms with Crippen LogP contribution in [0.2, 0.25) is 0 Å². The Kier molecular flexibility index (Phi) is 10.8. The lowest BCUT2D eigenvalue weighted by Gasteiger charge is -2.34. The second kappa shape index (κ2) is 12.8. The smallest absolute Gasteiger partial charge is 0.408 e. The van der Waals surface area contributed by atoms with Crippen LogP contribution in [0.5, 0.6) is 5.75 Å². The second-order valence-corrected chi connectivity index (χ2v) is 9.12. The zero-order valence-electron chi connectivity index (χ0n) is 20.3. The molecule has 34 heavy (non-hydrogen) atoms. The summed E-state index contributed by atoms with van der Waals surface area (Å²) >= 11 is 0. The van der Waals surface area contributed by atoms with Crippen molar-refractivity contribution >= 4 is 23.8 Å². The van der Waals surface area contributed by atoms with Gasteiger partial charge in [-0.3, -0.25) is 14.4 Å². The lowest BCUT2D eigenvalue weighted by molar-refractivity contribution is -0.143. The van der Waals surface area contributed by atoms with Crippen molar-refractivity contribution < 1.29 is 34.1 Å². The van der Waals surface area contributed by atoms with Crippen LogP contribution in [0.25, 0.3) is 0 Å². The lowest BCUT2D eigenvalue weighted by atomic mass is 10.0. The minimum Gasteiger partial charge on any atom is -0.508 e. The van der Waals surface area contributed by atoms with Crippen LogP contribution in [0, 0.1) is 0 Å². The van der Waals surface area contributed by atoms with Gasteiger partial charge in [0.15, 0.2) is 0 Å². The SMILES string of the molecule is CC(C)NC(=O)C(c1ccc(O)cc1)N(CCO)C(=O)C(CCC(N)=O)NC(=O)OC(C)(C)C. The van der Waals surface area contributed by atoms with E-state index in [1.807, 2.05) is 0 Å². The minimum atomic E-state index is -1.25. The van der Waals surface area contributed by atoms with Gasteiger partial charge < -0.3 is 36.2 Å². The molecule has 1 aromatic rings. The van der Waals surface area contributed by atoms with Crippen LogP contribution in [0.1, 0.15) is 59.1 Å². The van der Waals surface area contributed by atoms with Gasteiger partial charge in [-0.2, -0.15) is 0 Å². The molecule has 0 aromatic heterocycles. The Bertz CT molecular complexity index is 850. The third kappa shape index (κ3) is 9.65. The zero-order valence-corrected chi connectivity index (χ0v) is 20.3. The summed E-state index contributed by atoms with van der Waals surface area (Å²) in [5.41, 5.74) is 4.78. The molecule has 0 saturated heterocycles. The maximum atomic E-state index is 13.6. The lowest BCUT2D eigenvalue weighted by Crippen LogP contribution is -2.54. The molecule has 1 aromatic carbocycles. The number of phenolic OH excluding ortho intramolecular Hbond substituents is 1. The first kappa shape index (κ1) is 28.7. The number of aliphatic hydroxyl groups is 1. The van der Waals surface area contributed by atoms with Crippen molar-refractivity contribution in [1.29, 1.82) is 0 Å². The molecule has 1 rings (SSSR count). The summed E-state index contributed by atoms with van der Waals surface area (Å²) < 4.78 is 5.23. The third-order valence-corrected chi connectivity index (χ3v) is 4.49. The molecule has 2 unspecified atom stereocenters. The number of alkyl carbamates (subject to hydrolysis) is 1. The summed E-state index contributed by atoms with van der Waals surface area (Å²) in [5.74, 6) is -1.94. The number of phenols is 1. The number of aliphatic hydroxyl groups excluding tert-OH is 1. The Hall–Kier alpha value is -3.34. The summed E-state index contributed by atoms with van der Waals surface area (Å²) in [6.07, 6.45) is -1.22. The summed E-state index contributed by atoms with van der Waals surface area (Å²) in [5, 5.41) is 24.5. The van der Waals surface area contributed by atoms with Crippen molar-refractivity contribution in [3.63, 3.8) is 0 Å². The highest BCUT2D eigenvalue weighted by atomic mass is 16.6. The van der Waals surface area contributed by atoms with Gasteiger partial charge in [0.2, 0.25) is 17.7 Å². The maximum Gasteiger partial charge on any atom is 0.408 e. The molecule has 4 amide bonds. The fourth-order valence-electron chi connectivity index (χ4n) is 3.16. The first-order valence-electron chi connectivity index (χ1n) is 11.0. The number of aromatic hydroxyl groups is 1. The molecule has 0 aliphatic carbocycles. The molecular weight excluding hydrogens is 444 g/mol. The van der Waals surface area contributed by atoms with Crippen LogP contribution in [0.15, 0.2) is 24.3 Å². The highest BCUT2D eigenvalue weighted by Gasteiger charge is 2.36. The van der Waals surface area contributed by atoms with Crippen LogP contribution in [-0.4, -0.2) is 69.8 Å². The van der Waals surface area contributed by atoms with Gasteiger partial charge in [-0.15, -0.1) is 0 Å². The van der Waals surface area contributed by atoms with Crippen molar-refractivity contribution in [3.8, 4) is 5.75 Å². The number of carbonyl (C=O) groups is 4. The molecule has 6 N–H and O–H groups in total. The van der Waals surface area contributed by atoms with Crippen molar-refractivity contribution in [2.45, 2.75) is 71.2 Å². The van der Waals surface area contributed by atoms with Crippen LogP contribution in [0.4, 0.5) is 4.79 Å². The standard InChI is InChI=1S/C23H36N4O7/c1-14(2)25-20(31)19(15-6-8-16(29)9-7-15)27(12-13-28)21(32)17(10-11-18(24)30)26-22(33)34-23(3,4)5/h6-9,14,17,19,28-29H,10-13H2,1-5H3,(H2,24,30)(H,25,31)(H,26,33). The van der Waals surface area contributed by atoms with Crippen molar-refractivity contribution in [1.82, 2.24) is 15.5 Å². The molecule has 0 bridgehead atoms. The molecule has 11 nitrogen and oxygen atoms in total. The van der Waals surface area contributed by atoms with Gasteiger partial charge in [-0.05, 0) is 58.7 Å². The van der Waals surface area contributed by atoms with E-state index in [-0.39, 0.29) is 31.2 Å². The summed E-state index contributed by atoms with van der Waals surface area (Å²) in [4.78, 5) is 51.6. The number of rotatable bonds is 11. The van der Waals surface area contributed by atoms with E-state index in [1.165, 1.54) is 24.3 Å². The van der Waals surface area contributed by atoms with E-state index in [1.54, 1.807) is 34.6 Å². The van der Waals surface area contributed by atoms with Crippen LogP contribution in [-0.2, 0) is 19.1 Å². The van der Waals surface area contributed by atoms with Crippen molar-refractivity contribution in [2.24, 2.45) is 5.73 Å². The molecule has 0 saturated carbocycles. The normalized spacial score (nSPS) is 13.0. The molecule has 0 radical (unpaired) electrons. The Balaban J connectivity index is 3.39. The van der Waals surface area contributed by atoms with E-state index in [9.17, 15) is 29.4 Å². The number of ether oxygens (including phenoxy) is 1. The molecular formula is C23H36N4O7. The van der Waals surface area contributed by atoms with Gasteiger partial charge in [0.25, 0.3) is 0 Å². The van der Waals surface area contributed by atoms with Gasteiger partial charge in [0.1, 0.15) is 23.4 Å². The molecule has 0 spiro atoms. The monoisotopic (exact) mass is 480 g/mol. The number of benzene rings is 1. The maximum absolute atomic E-state index is 13.6. The molecule has 0 aliphatic rings. The fraction of sp³-hybridized carbons (Fsp3) is 0.565. The van der Waals surface area contributed by atoms with E-state index in [0.717, 1.165) is 4.90 Å². The summed E-state index contributed by atoms with van der Waals surface area (Å²) in [6.45, 7) is 7.77. The van der Waals surface area contributed by atoms with E-state index in [2.05, 4.69) is 10.6 Å². The first-order chi connectivity index (χ1) is 15.7. The van der Waals surface area contributed by atoms with E-state index in [0.29, 0.717) is 5.56 Å². The second-order valence-electron chi connectivity index (χ2n) is 9.12. The number of primary amides is 1. The molecule has 0 fully saturated rings. The number of carbonyl (C=O) groups excluding carboxylic acids is 4. The average Bonchev–Trinajstić information content (AvgIpc) is 2.69. The molecule has 0 heterocycles. The Morgan fingerprint density at radius 3 is 2.15 bits per heavy atom. The highest BCUT2D eigenvalue weighted by molar-refractivity contribution is 5.92. The van der Waals surface area contributed by atoms with Crippen molar-refractivity contribution in [3.05, 3.63) is 29.8 Å². The third-order valence-electron chi connectivity index (χ3n) is 4.49. The van der Waals surface area contributed by atoms with Crippen LogP contribution >= 0.6 is 0 Å². The van der Waals surface area contributed by atoms with Gasteiger partial charge in [0.05, 0.1) is 6.61 Å². The van der Waals surface area contributed by atoms with E-state index >= 15 is 0 Å². The average molecular weight is 481 g/mol. The molecule has 2 atom stereocenters. The molecule has 0 aliphatic heterocycles. The number of hydrogen-bond acceptors (Lipinski definition) is 7. The Labute approximate surface area is 199 Å². The van der Waals surface area contributed by atoms with Gasteiger partial charge in [-0.25, -0.2) is 4.79 Å². The fourth-order valence-corrected chi connectivity index (χ4v) is 3.16. The number of amides is 4. The number of hydrogen-bond donors (Lipinski definition) is 5. The van der Waals surface area contributed by atoms with E-state index in [4.69, 9.17) is 10.5 Å². The van der Waals surface area contributed by atoms with Gasteiger partial charge in [0, 0.05) is 19.0 Å². The summed E-state index contributed by atoms with van der Waals surface area (Å²) in [7, 11) is 0. The predicted octanol–water partition coefficient (Wildman–Crippen LogP) is 0.938.